The molecule has 0 unspecified atom stereocenters. The number of rotatable bonds is 7. The van der Waals surface area contributed by atoms with E-state index in [9.17, 15) is 9.59 Å². The Labute approximate surface area is 196 Å². The van der Waals surface area contributed by atoms with E-state index in [1.165, 1.54) is 0 Å². The minimum Gasteiger partial charge on any atom is -0.368 e. The minimum atomic E-state index is -0.215. The normalized spacial score (nSPS) is 15.1. The van der Waals surface area contributed by atoms with E-state index in [1.54, 1.807) is 6.07 Å². The van der Waals surface area contributed by atoms with Crippen LogP contribution in [0.2, 0.25) is 5.02 Å². The van der Waals surface area contributed by atoms with Gasteiger partial charge in [-0.15, -0.1) is 0 Å². The summed E-state index contributed by atoms with van der Waals surface area (Å²) in [6.45, 7) is 11.2. The van der Waals surface area contributed by atoms with Crippen LogP contribution in [0.1, 0.15) is 59.4 Å². The lowest BCUT2D eigenvalue weighted by atomic mass is 9.99. The zero-order chi connectivity index (χ0) is 23.4. The van der Waals surface area contributed by atoms with Gasteiger partial charge in [-0.05, 0) is 89.5 Å². The Morgan fingerprint density at radius 1 is 1.22 bits per heavy atom. The number of likely N-dealkylation sites (tertiary alicyclic amines) is 1. The number of aromatic nitrogens is 1. The van der Waals surface area contributed by atoms with Gasteiger partial charge >= 0.3 is 0 Å². The second-order valence-electron chi connectivity index (χ2n) is 8.74. The van der Waals surface area contributed by atoms with Gasteiger partial charge in [0.15, 0.2) is 0 Å². The molecule has 1 amide bonds. The molecule has 0 bridgehead atoms. The quantitative estimate of drug-likeness (QED) is 0.656. The summed E-state index contributed by atoms with van der Waals surface area (Å²) in [5, 5.41) is 3.49. The summed E-state index contributed by atoms with van der Waals surface area (Å²) < 4.78 is 0. The van der Waals surface area contributed by atoms with Gasteiger partial charge in [-0.2, -0.15) is 0 Å². The van der Waals surface area contributed by atoms with Crippen LogP contribution in [0.5, 0.6) is 0 Å². The average molecular weight is 459 g/mol. The number of carbonyl (C=O) groups is 1. The van der Waals surface area contributed by atoms with Crippen LogP contribution in [0.3, 0.4) is 0 Å². The van der Waals surface area contributed by atoms with Crippen molar-refractivity contribution in [3.63, 3.8) is 0 Å². The molecule has 7 heteroatoms. The van der Waals surface area contributed by atoms with Gasteiger partial charge in [0.2, 0.25) is 0 Å². The van der Waals surface area contributed by atoms with Gasteiger partial charge in [-0.25, -0.2) is 0 Å². The van der Waals surface area contributed by atoms with Crippen LogP contribution in [-0.4, -0.2) is 48.5 Å². The van der Waals surface area contributed by atoms with Crippen LogP contribution in [0.4, 0.5) is 5.69 Å². The van der Waals surface area contributed by atoms with Crippen molar-refractivity contribution in [1.82, 2.24) is 15.2 Å². The van der Waals surface area contributed by atoms with Crippen molar-refractivity contribution in [3.8, 4) is 0 Å². The van der Waals surface area contributed by atoms with Crippen LogP contribution in [0.15, 0.2) is 23.0 Å². The van der Waals surface area contributed by atoms with Gasteiger partial charge in [-0.3, -0.25) is 9.59 Å². The lowest BCUT2D eigenvalue weighted by Crippen LogP contribution is -2.44. The number of aromatic amines is 1. The number of benzene rings is 1. The number of nitrogens with zero attached hydrogens (tertiary/aromatic N) is 2. The summed E-state index contributed by atoms with van der Waals surface area (Å²) in [7, 11) is 2.16. The highest BCUT2D eigenvalue weighted by atomic mass is 35.5. The number of carbonyl (C=O) groups excluding carboxylic acids is 1. The molecule has 2 N–H and O–H groups in total. The Hall–Kier alpha value is -2.31. The van der Waals surface area contributed by atoms with Crippen molar-refractivity contribution in [2.24, 2.45) is 0 Å². The Morgan fingerprint density at radius 2 is 1.91 bits per heavy atom. The molecule has 0 aliphatic carbocycles. The van der Waals surface area contributed by atoms with E-state index in [0.29, 0.717) is 22.2 Å². The molecule has 1 aromatic heterocycles. The molecule has 1 aromatic carbocycles. The molecule has 174 valence electrons. The number of pyridine rings is 1. The summed E-state index contributed by atoms with van der Waals surface area (Å²) in [6, 6.07) is 6.09. The minimum absolute atomic E-state index is 0.148. The first kappa shape index (κ1) is 24.3. The second kappa shape index (κ2) is 10.5. The number of nitrogens with one attached hydrogen (secondary N) is 2. The van der Waals surface area contributed by atoms with Gasteiger partial charge in [0.1, 0.15) is 0 Å². The standard InChI is InChI=1S/C25H35ClN4O2/c1-6-18-12-16(3)28-25(32)22(18)15-27-24(31)21-13-19(26)14-23(17(21)4)30(7-2)20-8-10-29(5)11-9-20/h12-14,20H,6-11,15H2,1-5H3,(H,27,31)(H,28,32). The number of anilines is 1. The molecule has 6 nitrogen and oxygen atoms in total. The number of H-pyrrole nitrogens is 1. The average Bonchev–Trinajstić information content (AvgIpc) is 2.76. The molecule has 2 aromatic rings. The first-order valence-corrected chi connectivity index (χ1v) is 11.9. The van der Waals surface area contributed by atoms with Gasteiger partial charge < -0.3 is 20.1 Å². The highest BCUT2D eigenvalue weighted by Crippen LogP contribution is 2.31. The summed E-state index contributed by atoms with van der Waals surface area (Å²) in [5.41, 5.74) is 4.72. The molecule has 1 saturated heterocycles. The van der Waals surface area contributed by atoms with E-state index in [-0.39, 0.29) is 18.0 Å². The summed E-state index contributed by atoms with van der Waals surface area (Å²) >= 11 is 6.47. The lowest BCUT2D eigenvalue weighted by molar-refractivity contribution is 0.0950. The fraction of sp³-hybridized carbons (Fsp3) is 0.520. The van der Waals surface area contributed by atoms with Crippen LogP contribution < -0.4 is 15.8 Å². The largest absolute Gasteiger partial charge is 0.368 e. The van der Waals surface area contributed by atoms with Gasteiger partial charge in [-0.1, -0.05) is 18.5 Å². The van der Waals surface area contributed by atoms with Gasteiger partial charge in [0.25, 0.3) is 11.5 Å². The van der Waals surface area contributed by atoms with Gasteiger partial charge in [0, 0.05) is 46.7 Å². The maximum Gasteiger partial charge on any atom is 0.253 e. The van der Waals surface area contributed by atoms with E-state index in [2.05, 4.69) is 34.1 Å². The number of hydrogen-bond donors (Lipinski definition) is 2. The Balaban J connectivity index is 1.85. The summed E-state index contributed by atoms with van der Waals surface area (Å²) in [6.07, 6.45) is 2.92. The number of hydrogen-bond acceptors (Lipinski definition) is 4. The van der Waals surface area contributed by atoms with Crippen LogP contribution >= 0.6 is 11.6 Å². The van der Waals surface area contributed by atoms with E-state index in [0.717, 1.165) is 61.4 Å². The molecule has 1 fully saturated rings. The van der Waals surface area contributed by atoms with E-state index in [1.807, 2.05) is 32.9 Å². The molecule has 32 heavy (non-hydrogen) atoms. The third kappa shape index (κ3) is 5.36. The molecular weight excluding hydrogens is 424 g/mol. The molecule has 0 radical (unpaired) electrons. The number of halogens is 1. The number of aryl methyl sites for hydroxylation is 2. The molecule has 1 aliphatic rings. The smallest absolute Gasteiger partial charge is 0.253 e. The van der Waals surface area contributed by atoms with Crippen molar-refractivity contribution in [2.45, 2.75) is 59.5 Å². The summed E-state index contributed by atoms with van der Waals surface area (Å²) in [4.78, 5) is 33.1. The molecule has 0 spiro atoms. The Bertz CT molecular complexity index is 1030. The first-order valence-electron chi connectivity index (χ1n) is 11.5. The van der Waals surface area contributed by atoms with Crippen molar-refractivity contribution in [1.29, 1.82) is 0 Å². The van der Waals surface area contributed by atoms with E-state index in [4.69, 9.17) is 11.6 Å². The third-order valence-corrected chi connectivity index (χ3v) is 6.76. The zero-order valence-electron chi connectivity index (χ0n) is 19.8. The van der Waals surface area contributed by atoms with Crippen LogP contribution in [-0.2, 0) is 13.0 Å². The SMILES string of the molecule is CCc1cc(C)[nH]c(=O)c1CNC(=O)c1cc(Cl)cc(N(CC)C2CCN(C)CC2)c1C. The fourth-order valence-electron chi connectivity index (χ4n) is 4.69. The molecular formula is C25H35ClN4O2. The zero-order valence-corrected chi connectivity index (χ0v) is 20.6. The molecule has 3 rings (SSSR count). The van der Waals surface area contributed by atoms with Crippen LogP contribution in [0.25, 0.3) is 0 Å². The topological polar surface area (TPSA) is 68.4 Å². The van der Waals surface area contributed by atoms with Crippen LogP contribution in [0, 0.1) is 13.8 Å². The van der Waals surface area contributed by atoms with Crippen molar-refractivity contribution < 1.29 is 4.79 Å². The predicted molar refractivity (Wildman–Crippen MR) is 132 cm³/mol. The number of amides is 1. The molecule has 0 saturated carbocycles. The summed E-state index contributed by atoms with van der Waals surface area (Å²) in [5.74, 6) is -0.215. The highest BCUT2D eigenvalue weighted by molar-refractivity contribution is 6.31. The highest BCUT2D eigenvalue weighted by Gasteiger charge is 2.25. The van der Waals surface area contributed by atoms with E-state index < -0.39 is 0 Å². The first-order chi connectivity index (χ1) is 15.2. The van der Waals surface area contributed by atoms with E-state index >= 15 is 0 Å². The monoisotopic (exact) mass is 458 g/mol. The maximum atomic E-state index is 13.1. The molecule has 0 atom stereocenters. The van der Waals surface area contributed by atoms with Gasteiger partial charge in [0.05, 0.1) is 0 Å². The Kier molecular flexibility index (Phi) is 8.01. The molecule has 2 heterocycles. The van der Waals surface area contributed by atoms with Crippen molar-refractivity contribution in [3.05, 3.63) is 61.5 Å². The Morgan fingerprint density at radius 3 is 2.53 bits per heavy atom. The maximum absolute atomic E-state index is 13.1. The lowest BCUT2D eigenvalue weighted by Gasteiger charge is -2.39. The van der Waals surface area contributed by atoms with Crippen molar-refractivity contribution in [2.75, 3.05) is 31.6 Å². The second-order valence-corrected chi connectivity index (χ2v) is 9.18. The fourth-order valence-corrected chi connectivity index (χ4v) is 4.90. The third-order valence-electron chi connectivity index (χ3n) is 6.54. The number of piperidine rings is 1. The predicted octanol–water partition coefficient (Wildman–Crippen LogP) is 4.06. The molecule has 1 aliphatic heterocycles. The van der Waals surface area contributed by atoms with Crippen molar-refractivity contribution >= 4 is 23.2 Å².